The molecule has 4 heteroatoms. The number of amides is 1. The van der Waals surface area contributed by atoms with Gasteiger partial charge in [0.25, 0.3) is 5.91 Å². The Morgan fingerprint density at radius 2 is 1.73 bits per heavy atom. The van der Waals surface area contributed by atoms with Crippen LogP contribution in [0.5, 0.6) is 0 Å². The molecule has 0 aliphatic heterocycles. The van der Waals surface area contributed by atoms with E-state index in [2.05, 4.69) is 12.1 Å². The Hall–Kier alpha value is -1.78. The number of carbonyl (C=O) groups is 1. The molecule has 2 rings (SSSR count). The van der Waals surface area contributed by atoms with Crippen LogP contribution in [0.15, 0.2) is 59.5 Å². The lowest BCUT2D eigenvalue weighted by molar-refractivity contribution is 0.0758. The molecule has 1 amide bonds. The minimum absolute atomic E-state index is 0.0614. The van der Waals surface area contributed by atoms with E-state index in [-0.39, 0.29) is 5.91 Å². The maximum atomic E-state index is 12.8. The summed E-state index contributed by atoms with van der Waals surface area (Å²) in [5.41, 5.74) is 7.68. The number of hydrogen-bond donors (Lipinski definition) is 1. The van der Waals surface area contributed by atoms with E-state index in [1.165, 1.54) is 5.56 Å². The van der Waals surface area contributed by atoms with Gasteiger partial charge >= 0.3 is 0 Å². The van der Waals surface area contributed by atoms with E-state index in [1.807, 2.05) is 53.6 Å². The van der Waals surface area contributed by atoms with Crippen molar-refractivity contribution in [2.45, 2.75) is 11.3 Å². The summed E-state index contributed by atoms with van der Waals surface area (Å²) in [6.07, 6.45) is 2.83. The summed E-state index contributed by atoms with van der Waals surface area (Å²) in [5.74, 6) is 0.0614. The fourth-order valence-corrected chi connectivity index (χ4v) is 2.96. The number of carbonyl (C=O) groups excluding carboxylic acids is 1. The van der Waals surface area contributed by atoms with Crippen molar-refractivity contribution < 1.29 is 4.79 Å². The van der Waals surface area contributed by atoms with Gasteiger partial charge < -0.3 is 10.6 Å². The van der Waals surface area contributed by atoms with E-state index in [0.29, 0.717) is 19.6 Å². The van der Waals surface area contributed by atoms with Crippen LogP contribution in [0.4, 0.5) is 0 Å². The highest BCUT2D eigenvalue weighted by atomic mass is 32.2. The van der Waals surface area contributed by atoms with Crippen molar-refractivity contribution >= 4 is 17.7 Å². The van der Waals surface area contributed by atoms with E-state index in [0.717, 1.165) is 16.9 Å². The number of rotatable bonds is 7. The van der Waals surface area contributed by atoms with Gasteiger partial charge in [-0.05, 0) is 30.4 Å². The van der Waals surface area contributed by atoms with Crippen LogP contribution in [-0.4, -0.2) is 36.7 Å². The molecule has 0 aromatic heterocycles. The lowest BCUT2D eigenvalue weighted by atomic mass is 10.1. The van der Waals surface area contributed by atoms with E-state index in [1.54, 1.807) is 11.8 Å². The molecule has 0 aliphatic rings. The largest absolute Gasteiger partial charge is 0.337 e. The molecule has 0 radical (unpaired) electrons. The van der Waals surface area contributed by atoms with Crippen molar-refractivity contribution in [3.8, 4) is 0 Å². The second kappa shape index (κ2) is 8.61. The third-order valence-electron chi connectivity index (χ3n) is 3.54. The quantitative estimate of drug-likeness (QED) is 0.799. The lowest BCUT2D eigenvalue weighted by Crippen LogP contribution is -2.37. The third-order valence-corrected chi connectivity index (χ3v) is 4.33. The molecule has 0 saturated heterocycles. The van der Waals surface area contributed by atoms with E-state index >= 15 is 0 Å². The summed E-state index contributed by atoms with van der Waals surface area (Å²) < 4.78 is 0. The first-order chi connectivity index (χ1) is 10.8. The smallest absolute Gasteiger partial charge is 0.255 e. The van der Waals surface area contributed by atoms with Crippen LogP contribution in [0.25, 0.3) is 0 Å². The Kier molecular flexibility index (Phi) is 6.49. The first-order valence-electron chi connectivity index (χ1n) is 7.42. The van der Waals surface area contributed by atoms with Crippen molar-refractivity contribution in [3.63, 3.8) is 0 Å². The van der Waals surface area contributed by atoms with Crippen LogP contribution in [0.2, 0.25) is 0 Å². The van der Waals surface area contributed by atoms with Gasteiger partial charge in [-0.25, -0.2) is 0 Å². The van der Waals surface area contributed by atoms with E-state index in [9.17, 15) is 4.79 Å². The van der Waals surface area contributed by atoms with Crippen molar-refractivity contribution in [3.05, 3.63) is 65.7 Å². The van der Waals surface area contributed by atoms with Crippen molar-refractivity contribution in [1.82, 2.24) is 4.90 Å². The fraction of sp³-hybridized carbons (Fsp3) is 0.278. The molecule has 22 heavy (non-hydrogen) atoms. The molecular formula is C18H22N2OS. The summed E-state index contributed by atoms with van der Waals surface area (Å²) in [7, 11) is 0. The Morgan fingerprint density at radius 3 is 2.41 bits per heavy atom. The number of thioether (sulfide) groups is 1. The number of hydrogen-bond acceptors (Lipinski definition) is 3. The molecule has 0 aliphatic carbocycles. The fourth-order valence-electron chi connectivity index (χ4n) is 2.37. The molecular weight excluding hydrogens is 292 g/mol. The molecule has 0 saturated carbocycles. The Bertz CT molecular complexity index is 601. The van der Waals surface area contributed by atoms with Crippen LogP contribution in [0.1, 0.15) is 15.9 Å². The highest BCUT2D eigenvalue weighted by molar-refractivity contribution is 7.98. The Labute approximate surface area is 136 Å². The molecule has 2 aromatic rings. The summed E-state index contributed by atoms with van der Waals surface area (Å²) in [5, 5.41) is 0. The maximum absolute atomic E-state index is 12.8. The molecule has 0 atom stereocenters. The zero-order chi connectivity index (χ0) is 15.8. The first-order valence-corrected chi connectivity index (χ1v) is 8.65. The van der Waals surface area contributed by atoms with Gasteiger partial charge in [-0.1, -0.05) is 42.5 Å². The number of nitrogens with zero attached hydrogens (tertiary/aromatic N) is 1. The third kappa shape index (κ3) is 4.36. The average molecular weight is 314 g/mol. The topological polar surface area (TPSA) is 46.3 Å². The van der Waals surface area contributed by atoms with Crippen LogP contribution in [0.3, 0.4) is 0 Å². The predicted molar refractivity (Wildman–Crippen MR) is 93.3 cm³/mol. The Balaban J connectivity index is 2.11. The SMILES string of the molecule is CSc1ccccc1C(=O)N(CCN)CCc1ccccc1. The molecule has 2 aromatic carbocycles. The molecule has 0 spiro atoms. The average Bonchev–Trinajstić information content (AvgIpc) is 2.59. The minimum atomic E-state index is 0.0614. The van der Waals surface area contributed by atoms with E-state index < -0.39 is 0 Å². The molecule has 2 N–H and O–H groups in total. The zero-order valence-corrected chi connectivity index (χ0v) is 13.7. The van der Waals surface area contributed by atoms with Crippen molar-refractivity contribution in [2.24, 2.45) is 5.73 Å². The summed E-state index contributed by atoms with van der Waals surface area (Å²) in [6.45, 7) is 1.74. The van der Waals surface area contributed by atoms with Crippen LogP contribution < -0.4 is 5.73 Å². The molecule has 0 bridgehead atoms. The maximum Gasteiger partial charge on any atom is 0.255 e. The van der Waals surface area contributed by atoms with Gasteiger partial charge in [0, 0.05) is 24.5 Å². The monoisotopic (exact) mass is 314 g/mol. The van der Waals surface area contributed by atoms with Crippen molar-refractivity contribution in [2.75, 3.05) is 25.9 Å². The second-order valence-corrected chi connectivity index (χ2v) is 5.86. The minimum Gasteiger partial charge on any atom is -0.337 e. The highest BCUT2D eigenvalue weighted by Crippen LogP contribution is 2.21. The highest BCUT2D eigenvalue weighted by Gasteiger charge is 2.17. The molecule has 0 heterocycles. The van der Waals surface area contributed by atoms with E-state index in [4.69, 9.17) is 5.73 Å². The van der Waals surface area contributed by atoms with Gasteiger partial charge in [0.1, 0.15) is 0 Å². The molecule has 116 valence electrons. The van der Waals surface area contributed by atoms with Gasteiger partial charge in [-0.2, -0.15) is 0 Å². The van der Waals surface area contributed by atoms with Gasteiger partial charge in [0.15, 0.2) is 0 Å². The summed E-state index contributed by atoms with van der Waals surface area (Å²) in [6, 6.07) is 17.9. The van der Waals surface area contributed by atoms with Crippen LogP contribution >= 0.6 is 11.8 Å². The molecule has 3 nitrogen and oxygen atoms in total. The van der Waals surface area contributed by atoms with Gasteiger partial charge in [0.05, 0.1) is 5.56 Å². The summed E-state index contributed by atoms with van der Waals surface area (Å²) in [4.78, 5) is 15.7. The number of nitrogens with two attached hydrogens (primary N) is 1. The van der Waals surface area contributed by atoms with Gasteiger partial charge in [-0.15, -0.1) is 11.8 Å². The zero-order valence-electron chi connectivity index (χ0n) is 12.9. The van der Waals surface area contributed by atoms with Crippen molar-refractivity contribution in [1.29, 1.82) is 0 Å². The van der Waals surface area contributed by atoms with Gasteiger partial charge in [0.2, 0.25) is 0 Å². The normalized spacial score (nSPS) is 10.5. The Morgan fingerprint density at radius 1 is 1.05 bits per heavy atom. The predicted octanol–water partition coefficient (Wildman–Crippen LogP) is 3.05. The number of benzene rings is 2. The van der Waals surface area contributed by atoms with Crippen LogP contribution in [-0.2, 0) is 6.42 Å². The van der Waals surface area contributed by atoms with Gasteiger partial charge in [-0.3, -0.25) is 4.79 Å². The van der Waals surface area contributed by atoms with Crippen LogP contribution in [0, 0.1) is 0 Å². The second-order valence-electron chi connectivity index (χ2n) is 5.02. The molecule has 0 fully saturated rings. The first kappa shape index (κ1) is 16.6. The summed E-state index contributed by atoms with van der Waals surface area (Å²) >= 11 is 1.59. The molecule has 0 unspecified atom stereocenters. The lowest BCUT2D eigenvalue weighted by Gasteiger charge is -2.23. The standard InChI is InChI=1S/C18H22N2OS/c1-22-17-10-6-5-9-16(17)18(21)20(14-12-19)13-11-15-7-3-2-4-8-15/h2-10H,11-14,19H2,1H3.